The van der Waals surface area contributed by atoms with Gasteiger partial charge in [-0.25, -0.2) is 15.0 Å². The zero-order valence-corrected chi connectivity index (χ0v) is 37.6. The van der Waals surface area contributed by atoms with E-state index >= 15 is 0 Å². The van der Waals surface area contributed by atoms with E-state index in [1.807, 2.05) is 23.5 Å². The molecule has 0 unspecified atom stereocenters. The van der Waals surface area contributed by atoms with Gasteiger partial charge in [0, 0.05) is 48.6 Å². The van der Waals surface area contributed by atoms with Gasteiger partial charge in [-0.15, -0.1) is 11.3 Å². The molecule has 0 radical (unpaired) electrons. The molecule has 0 N–H and O–H groups in total. The van der Waals surface area contributed by atoms with Crippen LogP contribution in [0.25, 0.3) is 126 Å². The molecule has 10 aromatic carbocycles. The molecule has 0 saturated carbocycles. The van der Waals surface area contributed by atoms with Gasteiger partial charge in [0.25, 0.3) is 0 Å². The summed E-state index contributed by atoms with van der Waals surface area (Å²) < 4.78 is 4.82. The smallest absolute Gasteiger partial charge is 0.165 e. The predicted octanol–water partition coefficient (Wildman–Crippen LogP) is 17.0. The van der Waals surface area contributed by atoms with E-state index in [0.717, 1.165) is 49.3 Å². The van der Waals surface area contributed by atoms with Gasteiger partial charge in [-0.05, 0) is 80.9 Å². The minimum Gasteiger partial charge on any atom is -0.308 e. The molecule has 0 atom stereocenters. The third-order valence-electron chi connectivity index (χ3n) is 13.1. The average molecular weight is 885 g/mol. The van der Waals surface area contributed by atoms with Crippen LogP contribution in [0.2, 0.25) is 0 Å². The molecule has 0 bridgehead atoms. The van der Waals surface area contributed by atoms with Crippen molar-refractivity contribution in [3.8, 4) is 84.4 Å². The quantitative estimate of drug-likeness (QED) is 0.153. The molecular weight excluding hydrogens is 845 g/mol. The molecule has 68 heavy (non-hydrogen) atoms. The number of para-hydroxylation sites is 1. The first-order chi connectivity index (χ1) is 33.7. The monoisotopic (exact) mass is 884 g/mol. The Morgan fingerprint density at radius 1 is 0.279 bits per heavy atom. The van der Waals surface area contributed by atoms with Crippen molar-refractivity contribution in [1.82, 2.24) is 19.5 Å². The Bertz CT molecular complexity index is 3900. The molecule has 0 aliphatic heterocycles. The van der Waals surface area contributed by atoms with E-state index in [1.165, 1.54) is 59.5 Å². The maximum atomic E-state index is 5.34. The largest absolute Gasteiger partial charge is 0.308 e. The van der Waals surface area contributed by atoms with Crippen LogP contribution < -0.4 is 0 Å². The first-order valence-electron chi connectivity index (χ1n) is 22.9. The molecule has 13 aromatic rings. The fourth-order valence-electron chi connectivity index (χ4n) is 9.75. The average Bonchev–Trinajstić information content (AvgIpc) is 3.98. The molecule has 0 amide bonds. The second kappa shape index (κ2) is 16.6. The third kappa shape index (κ3) is 6.96. The van der Waals surface area contributed by atoms with Crippen LogP contribution >= 0.6 is 11.3 Å². The molecule has 0 aliphatic carbocycles. The summed E-state index contributed by atoms with van der Waals surface area (Å²) in [4.78, 5) is 15.9. The van der Waals surface area contributed by atoms with Crippen molar-refractivity contribution < 1.29 is 0 Å². The molecule has 5 heteroatoms. The van der Waals surface area contributed by atoms with E-state index in [0.29, 0.717) is 17.5 Å². The van der Waals surface area contributed by atoms with Crippen molar-refractivity contribution in [3.63, 3.8) is 0 Å². The van der Waals surface area contributed by atoms with Crippen LogP contribution in [0, 0.1) is 0 Å². The van der Waals surface area contributed by atoms with Gasteiger partial charge < -0.3 is 4.57 Å². The Labute approximate surface area is 397 Å². The molecule has 3 aromatic heterocycles. The minimum atomic E-state index is 0.628. The molecule has 0 saturated heterocycles. The number of benzene rings is 10. The van der Waals surface area contributed by atoms with Crippen LogP contribution in [0.3, 0.4) is 0 Å². The molecule has 3 heterocycles. The number of hydrogen-bond donors (Lipinski definition) is 0. The Morgan fingerprint density at radius 2 is 0.706 bits per heavy atom. The lowest BCUT2D eigenvalue weighted by atomic mass is 10.00. The third-order valence-corrected chi connectivity index (χ3v) is 14.3. The molecule has 0 spiro atoms. The van der Waals surface area contributed by atoms with Crippen molar-refractivity contribution >= 4 is 53.3 Å². The van der Waals surface area contributed by atoms with Crippen molar-refractivity contribution in [3.05, 3.63) is 243 Å². The van der Waals surface area contributed by atoms with E-state index in [1.54, 1.807) is 0 Å². The summed E-state index contributed by atoms with van der Waals surface area (Å²) in [7, 11) is 0. The topological polar surface area (TPSA) is 43.6 Å². The Kier molecular flexibility index (Phi) is 9.66. The summed E-state index contributed by atoms with van der Waals surface area (Å²) in [5, 5.41) is 4.83. The van der Waals surface area contributed by atoms with Crippen LogP contribution in [-0.4, -0.2) is 19.5 Å². The van der Waals surface area contributed by atoms with E-state index in [9.17, 15) is 0 Å². The summed E-state index contributed by atoms with van der Waals surface area (Å²) in [5.41, 5.74) is 15.6. The van der Waals surface area contributed by atoms with Crippen molar-refractivity contribution in [1.29, 1.82) is 0 Å². The van der Waals surface area contributed by atoms with Gasteiger partial charge in [0.1, 0.15) is 0 Å². The number of rotatable bonds is 8. The predicted molar refractivity (Wildman–Crippen MR) is 285 cm³/mol. The summed E-state index contributed by atoms with van der Waals surface area (Å²) in [6, 6.07) is 86.3. The zero-order valence-electron chi connectivity index (χ0n) is 36.8. The number of fused-ring (bicyclic) bond motifs is 7. The summed E-state index contributed by atoms with van der Waals surface area (Å²) in [5.74, 6) is 1.89. The summed E-state index contributed by atoms with van der Waals surface area (Å²) in [6.07, 6.45) is 0. The van der Waals surface area contributed by atoms with E-state index in [2.05, 4.69) is 235 Å². The second-order valence-corrected chi connectivity index (χ2v) is 18.2. The fourth-order valence-corrected chi connectivity index (χ4v) is 11.1. The van der Waals surface area contributed by atoms with E-state index < -0.39 is 0 Å². The normalized spacial score (nSPS) is 11.5. The first kappa shape index (κ1) is 39.6. The molecular formula is C63H40N4S. The van der Waals surface area contributed by atoms with Gasteiger partial charge >= 0.3 is 0 Å². The van der Waals surface area contributed by atoms with Crippen LogP contribution in [0.4, 0.5) is 0 Å². The van der Waals surface area contributed by atoms with Crippen LogP contribution in [-0.2, 0) is 0 Å². The fraction of sp³-hybridized carbons (Fsp3) is 0. The molecule has 318 valence electrons. The van der Waals surface area contributed by atoms with Crippen molar-refractivity contribution in [2.24, 2.45) is 0 Å². The van der Waals surface area contributed by atoms with Gasteiger partial charge in [-0.1, -0.05) is 206 Å². The van der Waals surface area contributed by atoms with Gasteiger partial charge in [0.05, 0.1) is 15.7 Å². The Hall–Kier alpha value is -8.77. The minimum absolute atomic E-state index is 0.628. The van der Waals surface area contributed by atoms with Crippen molar-refractivity contribution in [2.75, 3.05) is 0 Å². The number of thiophene rings is 1. The highest BCUT2D eigenvalue weighted by Crippen LogP contribution is 2.46. The lowest BCUT2D eigenvalue weighted by Gasteiger charge is -2.11. The maximum absolute atomic E-state index is 5.34. The highest BCUT2D eigenvalue weighted by molar-refractivity contribution is 7.27. The van der Waals surface area contributed by atoms with Gasteiger partial charge in [0.15, 0.2) is 17.5 Å². The number of nitrogens with zero attached hydrogens (tertiary/aromatic N) is 4. The Morgan fingerprint density at radius 3 is 1.34 bits per heavy atom. The lowest BCUT2D eigenvalue weighted by molar-refractivity contribution is 1.08. The molecule has 0 fully saturated rings. The molecule has 4 nitrogen and oxygen atoms in total. The highest BCUT2D eigenvalue weighted by atomic mass is 32.1. The standard InChI is InChI=1S/C63H40N4S/c1-4-16-41(17-5-1)44-32-34-45(35-33-44)48-24-14-27-51(40-48)67-57-31-11-10-28-52(57)53-36-37-55-54-29-15-30-56(59(54)68-60(55)58(53)67)63-65-61(49-25-12-22-46(38-49)42-18-6-2-7-19-42)64-62(66-63)50-26-13-23-47(39-50)43-20-8-3-9-21-43/h1-40H. The number of aromatic nitrogens is 4. The zero-order chi connectivity index (χ0) is 45.0. The SMILES string of the molecule is c1ccc(-c2ccc(-c3cccc(-n4c5ccccc5c5ccc6c7cccc(-c8nc(-c9cccc(-c%10ccccc%10)c9)nc(-c9cccc(-c%10ccccc%10)c9)n8)c7sc6c54)c3)cc2)cc1. The van der Waals surface area contributed by atoms with E-state index in [-0.39, 0.29) is 0 Å². The van der Waals surface area contributed by atoms with Crippen LogP contribution in [0.5, 0.6) is 0 Å². The van der Waals surface area contributed by atoms with E-state index in [4.69, 9.17) is 15.0 Å². The van der Waals surface area contributed by atoms with Crippen LogP contribution in [0.15, 0.2) is 243 Å². The lowest BCUT2D eigenvalue weighted by Crippen LogP contribution is -2.00. The maximum Gasteiger partial charge on any atom is 0.165 e. The van der Waals surface area contributed by atoms with Gasteiger partial charge in [0.2, 0.25) is 0 Å². The number of hydrogen-bond acceptors (Lipinski definition) is 4. The molecule has 13 rings (SSSR count). The second-order valence-electron chi connectivity index (χ2n) is 17.2. The Balaban J connectivity index is 0.993. The first-order valence-corrected chi connectivity index (χ1v) is 23.7. The molecule has 0 aliphatic rings. The van der Waals surface area contributed by atoms with Gasteiger partial charge in [-0.3, -0.25) is 0 Å². The summed E-state index contributed by atoms with van der Waals surface area (Å²) in [6.45, 7) is 0. The highest BCUT2D eigenvalue weighted by Gasteiger charge is 2.21. The van der Waals surface area contributed by atoms with Gasteiger partial charge in [-0.2, -0.15) is 0 Å². The van der Waals surface area contributed by atoms with Crippen LogP contribution in [0.1, 0.15) is 0 Å². The summed E-state index contributed by atoms with van der Waals surface area (Å²) >= 11 is 1.82. The van der Waals surface area contributed by atoms with Crippen molar-refractivity contribution in [2.45, 2.75) is 0 Å².